The van der Waals surface area contributed by atoms with Crippen LogP contribution in [0.2, 0.25) is 0 Å². The van der Waals surface area contributed by atoms with Crippen LogP contribution in [-0.4, -0.2) is 46.2 Å². The lowest BCUT2D eigenvalue weighted by Gasteiger charge is -2.18. The molecule has 0 aliphatic rings. The molecule has 0 aliphatic heterocycles. The Morgan fingerprint density at radius 3 is 1.95 bits per heavy atom. The first-order valence-corrected chi connectivity index (χ1v) is 6.78. The standard InChI is InChI=1S/C13H24N2O5/c1-4-5-9(12(17)18)15-11(16)7-6-10(13(19)20)14-8(2)3/h8-10,14H,4-7H2,1-3H3,(H,15,16)(H,17,18)(H,19,20). The predicted molar refractivity (Wildman–Crippen MR) is 73.4 cm³/mol. The van der Waals surface area contributed by atoms with Crippen molar-refractivity contribution in [2.24, 2.45) is 0 Å². The molecule has 116 valence electrons. The van der Waals surface area contributed by atoms with Gasteiger partial charge in [0, 0.05) is 12.5 Å². The number of carboxylic acids is 2. The van der Waals surface area contributed by atoms with Gasteiger partial charge in [-0.05, 0) is 12.8 Å². The van der Waals surface area contributed by atoms with Gasteiger partial charge in [-0.15, -0.1) is 0 Å². The summed E-state index contributed by atoms with van der Waals surface area (Å²) in [4.78, 5) is 33.5. The number of hydrogen-bond acceptors (Lipinski definition) is 4. The summed E-state index contributed by atoms with van der Waals surface area (Å²) in [5.74, 6) is -2.53. The molecular weight excluding hydrogens is 264 g/mol. The molecule has 0 radical (unpaired) electrons. The summed E-state index contributed by atoms with van der Waals surface area (Å²) in [7, 11) is 0. The third-order valence-electron chi connectivity index (χ3n) is 2.70. The molecule has 0 aliphatic carbocycles. The van der Waals surface area contributed by atoms with Crippen LogP contribution in [0.5, 0.6) is 0 Å². The van der Waals surface area contributed by atoms with E-state index < -0.39 is 29.9 Å². The minimum Gasteiger partial charge on any atom is -0.480 e. The fraction of sp³-hybridized carbons (Fsp3) is 0.769. The molecule has 7 heteroatoms. The van der Waals surface area contributed by atoms with Crippen molar-refractivity contribution in [2.75, 3.05) is 0 Å². The Hall–Kier alpha value is -1.63. The van der Waals surface area contributed by atoms with Gasteiger partial charge in [-0.25, -0.2) is 4.79 Å². The summed E-state index contributed by atoms with van der Waals surface area (Å²) in [5.41, 5.74) is 0. The van der Waals surface area contributed by atoms with Crippen LogP contribution in [0.25, 0.3) is 0 Å². The lowest BCUT2D eigenvalue weighted by atomic mass is 10.1. The van der Waals surface area contributed by atoms with Gasteiger partial charge in [-0.3, -0.25) is 9.59 Å². The Kier molecular flexibility index (Phi) is 8.54. The smallest absolute Gasteiger partial charge is 0.326 e. The minimum atomic E-state index is -1.07. The molecule has 0 aromatic rings. The van der Waals surface area contributed by atoms with Crippen LogP contribution in [0.4, 0.5) is 0 Å². The van der Waals surface area contributed by atoms with Crippen molar-refractivity contribution in [2.45, 2.75) is 64.6 Å². The van der Waals surface area contributed by atoms with Gasteiger partial charge in [-0.1, -0.05) is 27.2 Å². The highest BCUT2D eigenvalue weighted by molar-refractivity contribution is 5.84. The highest BCUT2D eigenvalue weighted by Gasteiger charge is 2.22. The van der Waals surface area contributed by atoms with E-state index in [-0.39, 0.29) is 18.9 Å². The molecule has 4 N–H and O–H groups in total. The summed E-state index contributed by atoms with van der Waals surface area (Å²) in [5, 5.41) is 23.2. The number of carbonyl (C=O) groups is 3. The first-order chi connectivity index (χ1) is 9.27. The highest BCUT2D eigenvalue weighted by Crippen LogP contribution is 2.02. The van der Waals surface area contributed by atoms with Gasteiger partial charge in [0.15, 0.2) is 0 Å². The van der Waals surface area contributed by atoms with Gasteiger partial charge < -0.3 is 20.8 Å². The van der Waals surface area contributed by atoms with E-state index in [2.05, 4.69) is 10.6 Å². The summed E-state index contributed by atoms with van der Waals surface area (Å²) < 4.78 is 0. The molecule has 0 aromatic heterocycles. The van der Waals surface area contributed by atoms with Crippen LogP contribution in [0, 0.1) is 0 Å². The normalized spacial score (nSPS) is 13.8. The first-order valence-electron chi connectivity index (χ1n) is 6.78. The van der Waals surface area contributed by atoms with Crippen LogP contribution in [-0.2, 0) is 14.4 Å². The van der Waals surface area contributed by atoms with Crippen LogP contribution in [0.3, 0.4) is 0 Å². The zero-order valence-corrected chi connectivity index (χ0v) is 12.2. The van der Waals surface area contributed by atoms with Gasteiger partial charge in [-0.2, -0.15) is 0 Å². The number of carbonyl (C=O) groups excluding carboxylic acids is 1. The van der Waals surface area contributed by atoms with E-state index in [4.69, 9.17) is 10.2 Å². The van der Waals surface area contributed by atoms with Crippen molar-refractivity contribution in [3.05, 3.63) is 0 Å². The van der Waals surface area contributed by atoms with E-state index in [1.165, 1.54) is 0 Å². The molecular formula is C13H24N2O5. The van der Waals surface area contributed by atoms with E-state index in [0.29, 0.717) is 12.8 Å². The van der Waals surface area contributed by atoms with Gasteiger partial charge in [0.1, 0.15) is 12.1 Å². The second-order valence-electron chi connectivity index (χ2n) is 5.00. The molecule has 20 heavy (non-hydrogen) atoms. The third-order valence-corrected chi connectivity index (χ3v) is 2.70. The number of carboxylic acid groups (broad SMARTS) is 2. The van der Waals surface area contributed by atoms with Gasteiger partial charge >= 0.3 is 11.9 Å². The fourth-order valence-corrected chi connectivity index (χ4v) is 1.77. The van der Waals surface area contributed by atoms with Crippen molar-refractivity contribution in [3.8, 4) is 0 Å². The van der Waals surface area contributed by atoms with Crippen LogP contribution < -0.4 is 10.6 Å². The Morgan fingerprint density at radius 1 is 1.00 bits per heavy atom. The molecule has 0 aromatic carbocycles. The zero-order valence-electron chi connectivity index (χ0n) is 12.2. The van der Waals surface area contributed by atoms with E-state index in [9.17, 15) is 14.4 Å². The SMILES string of the molecule is CCCC(NC(=O)CCC(NC(C)C)C(=O)O)C(=O)O. The molecule has 0 saturated carbocycles. The summed E-state index contributed by atoms with van der Waals surface area (Å²) in [6.45, 7) is 5.46. The Balaban J connectivity index is 4.30. The van der Waals surface area contributed by atoms with E-state index >= 15 is 0 Å². The van der Waals surface area contributed by atoms with Crippen molar-refractivity contribution in [1.82, 2.24) is 10.6 Å². The maximum absolute atomic E-state index is 11.7. The van der Waals surface area contributed by atoms with E-state index in [0.717, 1.165) is 0 Å². The molecule has 1 amide bonds. The van der Waals surface area contributed by atoms with Crippen LogP contribution in [0.1, 0.15) is 46.5 Å². The fourth-order valence-electron chi connectivity index (χ4n) is 1.77. The third kappa shape index (κ3) is 7.73. The molecule has 2 unspecified atom stereocenters. The Labute approximate surface area is 118 Å². The van der Waals surface area contributed by atoms with E-state index in [1.807, 2.05) is 20.8 Å². The van der Waals surface area contributed by atoms with Gasteiger partial charge in [0.25, 0.3) is 0 Å². The molecule has 0 spiro atoms. The lowest BCUT2D eigenvalue weighted by molar-refractivity contribution is -0.143. The summed E-state index contributed by atoms with van der Waals surface area (Å²) in [6, 6.07) is -1.73. The zero-order chi connectivity index (χ0) is 15.7. The second-order valence-corrected chi connectivity index (χ2v) is 5.00. The largest absolute Gasteiger partial charge is 0.480 e. The van der Waals surface area contributed by atoms with Crippen molar-refractivity contribution in [3.63, 3.8) is 0 Å². The van der Waals surface area contributed by atoms with Crippen molar-refractivity contribution < 1.29 is 24.6 Å². The molecule has 0 heterocycles. The lowest BCUT2D eigenvalue weighted by Crippen LogP contribution is -2.43. The Morgan fingerprint density at radius 2 is 1.55 bits per heavy atom. The first kappa shape index (κ1) is 18.4. The monoisotopic (exact) mass is 288 g/mol. The van der Waals surface area contributed by atoms with Gasteiger partial charge in [0.05, 0.1) is 0 Å². The molecule has 0 saturated heterocycles. The maximum atomic E-state index is 11.7. The number of rotatable bonds is 10. The van der Waals surface area contributed by atoms with E-state index in [1.54, 1.807) is 0 Å². The number of amides is 1. The minimum absolute atomic E-state index is 0.00831. The van der Waals surface area contributed by atoms with Gasteiger partial charge in [0.2, 0.25) is 5.91 Å². The highest BCUT2D eigenvalue weighted by atomic mass is 16.4. The second kappa shape index (κ2) is 9.30. The number of nitrogens with one attached hydrogen (secondary N) is 2. The van der Waals surface area contributed by atoms with Crippen molar-refractivity contribution >= 4 is 17.8 Å². The number of aliphatic carboxylic acids is 2. The predicted octanol–water partition coefficient (Wildman–Crippen LogP) is 0.587. The maximum Gasteiger partial charge on any atom is 0.326 e. The molecule has 2 atom stereocenters. The Bertz CT molecular complexity index is 344. The molecule has 0 bridgehead atoms. The average Bonchev–Trinajstić information content (AvgIpc) is 2.33. The molecule has 0 rings (SSSR count). The van der Waals surface area contributed by atoms with Crippen LogP contribution >= 0.6 is 0 Å². The van der Waals surface area contributed by atoms with Crippen molar-refractivity contribution in [1.29, 1.82) is 0 Å². The molecule has 0 fully saturated rings. The summed E-state index contributed by atoms with van der Waals surface area (Å²) >= 11 is 0. The topological polar surface area (TPSA) is 116 Å². The summed E-state index contributed by atoms with van der Waals surface area (Å²) in [6.07, 6.45) is 1.10. The molecule has 7 nitrogen and oxygen atoms in total. The van der Waals surface area contributed by atoms with Crippen LogP contribution in [0.15, 0.2) is 0 Å². The quantitative estimate of drug-likeness (QED) is 0.467. The average molecular weight is 288 g/mol. The number of hydrogen-bond donors (Lipinski definition) is 4.